The van der Waals surface area contributed by atoms with Crippen LogP contribution < -0.4 is 10.6 Å². The Morgan fingerprint density at radius 1 is 1.56 bits per heavy atom. The number of halogens is 1. The average molecular weight is 239 g/mol. The molecule has 0 unspecified atom stereocenters. The fourth-order valence-electron chi connectivity index (χ4n) is 1.27. The Kier molecular flexibility index (Phi) is 3.00. The van der Waals surface area contributed by atoms with E-state index in [1.165, 1.54) is 17.4 Å². The summed E-state index contributed by atoms with van der Waals surface area (Å²) in [5, 5.41) is 5.52. The van der Waals surface area contributed by atoms with Crippen LogP contribution in [0.3, 0.4) is 0 Å². The Bertz CT molecular complexity index is 526. The smallest absolute Gasteiger partial charge is 0.321 e. The number of aromatic nitrogens is 1. The minimum Gasteiger partial charge on any atom is -0.338 e. The first kappa shape index (κ1) is 10.8. The van der Waals surface area contributed by atoms with E-state index in [1.54, 1.807) is 12.1 Å². The molecular formula is C10H10FN3OS. The van der Waals surface area contributed by atoms with Gasteiger partial charge in [0, 0.05) is 6.54 Å². The van der Waals surface area contributed by atoms with Crippen LogP contribution in [-0.4, -0.2) is 17.6 Å². The topological polar surface area (TPSA) is 54.0 Å². The molecule has 0 spiro atoms. The highest BCUT2D eigenvalue weighted by atomic mass is 32.1. The Morgan fingerprint density at radius 3 is 3.06 bits per heavy atom. The zero-order chi connectivity index (χ0) is 11.5. The van der Waals surface area contributed by atoms with Crippen LogP contribution in [0.15, 0.2) is 18.2 Å². The molecule has 0 aliphatic heterocycles. The number of para-hydroxylation sites is 1. The average Bonchev–Trinajstić information content (AvgIpc) is 2.62. The number of hydrogen-bond acceptors (Lipinski definition) is 3. The van der Waals surface area contributed by atoms with E-state index >= 15 is 0 Å². The molecule has 2 rings (SSSR count). The SMILES string of the molecule is CCNC(=O)Nc1nc2c(F)cccc2s1. The molecule has 4 nitrogen and oxygen atoms in total. The largest absolute Gasteiger partial charge is 0.338 e. The van der Waals surface area contributed by atoms with Crippen LogP contribution >= 0.6 is 11.3 Å². The second-order valence-corrected chi connectivity index (χ2v) is 4.12. The van der Waals surface area contributed by atoms with E-state index in [1.807, 2.05) is 6.92 Å². The van der Waals surface area contributed by atoms with Crippen LogP contribution in [0.1, 0.15) is 6.92 Å². The molecule has 0 radical (unpaired) electrons. The second kappa shape index (κ2) is 4.44. The van der Waals surface area contributed by atoms with Crippen LogP contribution in [0.5, 0.6) is 0 Å². The molecule has 0 saturated carbocycles. The third kappa shape index (κ3) is 2.11. The van der Waals surface area contributed by atoms with Crippen molar-refractivity contribution in [1.82, 2.24) is 10.3 Å². The number of anilines is 1. The highest BCUT2D eigenvalue weighted by Crippen LogP contribution is 2.27. The molecule has 2 N–H and O–H groups in total. The number of rotatable bonds is 2. The highest BCUT2D eigenvalue weighted by molar-refractivity contribution is 7.22. The monoisotopic (exact) mass is 239 g/mol. The first-order valence-corrected chi connectivity index (χ1v) is 5.62. The highest BCUT2D eigenvalue weighted by Gasteiger charge is 2.09. The number of benzene rings is 1. The van der Waals surface area contributed by atoms with Crippen LogP contribution in [-0.2, 0) is 0 Å². The normalized spacial score (nSPS) is 10.4. The zero-order valence-corrected chi connectivity index (χ0v) is 9.40. The lowest BCUT2D eigenvalue weighted by atomic mass is 10.3. The van der Waals surface area contributed by atoms with E-state index in [0.717, 1.165) is 0 Å². The quantitative estimate of drug-likeness (QED) is 0.846. The summed E-state index contributed by atoms with van der Waals surface area (Å²) in [6.07, 6.45) is 0. The molecule has 1 aromatic heterocycles. The number of nitrogens with zero attached hydrogens (tertiary/aromatic N) is 1. The predicted molar refractivity (Wildman–Crippen MR) is 62.3 cm³/mol. The third-order valence-electron chi connectivity index (χ3n) is 1.93. The summed E-state index contributed by atoms with van der Waals surface area (Å²) in [4.78, 5) is 15.2. The second-order valence-electron chi connectivity index (χ2n) is 3.09. The molecule has 1 heterocycles. The standard InChI is InChI=1S/C10H10FN3OS/c1-2-12-9(15)14-10-13-8-6(11)4-3-5-7(8)16-10/h3-5H,2H2,1H3,(H2,12,13,14,15). The molecule has 2 amide bonds. The minimum absolute atomic E-state index is 0.291. The predicted octanol–water partition coefficient (Wildman–Crippen LogP) is 2.58. The summed E-state index contributed by atoms with van der Waals surface area (Å²) in [5.41, 5.74) is 0.291. The lowest BCUT2D eigenvalue weighted by Crippen LogP contribution is -2.28. The molecular weight excluding hydrogens is 229 g/mol. The van der Waals surface area contributed by atoms with Crippen LogP contribution in [0.4, 0.5) is 14.3 Å². The molecule has 1 aromatic carbocycles. The lowest BCUT2D eigenvalue weighted by molar-refractivity contribution is 0.252. The van der Waals surface area contributed by atoms with E-state index < -0.39 is 0 Å². The molecule has 0 fully saturated rings. The first-order valence-electron chi connectivity index (χ1n) is 4.80. The van der Waals surface area contributed by atoms with Gasteiger partial charge in [0.05, 0.1) is 4.70 Å². The Hall–Kier alpha value is -1.69. The van der Waals surface area contributed by atoms with Crippen molar-refractivity contribution >= 4 is 32.7 Å². The van der Waals surface area contributed by atoms with Gasteiger partial charge >= 0.3 is 6.03 Å². The summed E-state index contributed by atoms with van der Waals surface area (Å²) in [6.45, 7) is 2.35. The summed E-state index contributed by atoms with van der Waals surface area (Å²) < 4.78 is 14.0. The number of urea groups is 1. The zero-order valence-electron chi connectivity index (χ0n) is 8.58. The van der Waals surface area contributed by atoms with Gasteiger partial charge in [-0.05, 0) is 19.1 Å². The van der Waals surface area contributed by atoms with Crippen LogP contribution in [0.2, 0.25) is 0 Å². The molecule has 0 aliphatic carbocycles. The van der Waals surface area contributed by atoms with E-state index in [-0.39, 0.29) is 11.8 Å². The molecule has 84 valence electrons. The third-order valence-corrected chi connectivity index (χ3v) is 2.86. The number of fused-ring (bicyclic) bond motifs is 1. The number of thiazole rings is 1. The van der Waals surface area contributed by atoms with Crippen LogP contribution in [0.25, 0.3) is 10.2 Å². The Morgan fingerprint density at radius 2 is 2.38 bits per heavy atom. The van der Waals surface area contributed by atoms with Crippen molar-refractivity contribution in [2.24, 2.45) is 0 Å². The van der Waals surface area contributed by atoms with Gasteiger partial charge in [0.1, 0.15) is 11.3 Å². The van der Waals surface area contributed by atoms with Crippen molar-refractivity contribution in [2.75, 3.05) is 11.9 Å². The van der Waals surface area contributed by atoms with Gasteiger partial charge in [0.15, 0.2) is 5.13 Å². The van der Waals surface area contributed by atoms with Gasteiger partial charge in [0.25, 0.3) is 0 Å². The fourth-order valence-corrected chi connectivity index (χ4v) is 2.15. The number of nitrogens with one attached hydrogen (secondary N) is 2. The minimum atomic E-state index is -0.377. The Balaban J connectivity index is 2.26. The van der Waals surface area contributed by atoms with E-state index in [4.69, 9.17) is 0 Å². The van der Waals surface area contributed by atoms with Crippen molar-refractivity contribution in [3.8, 4) is 0 Å². The number of hydrogen-bond donors (Lipinski definition) is 2. The molecule has 0 atom stereocenters. The molecule has 0 bridgehead atoms. The van der Waals surface area contributed by atoms with Crippen molar-refractivity contribution in [3.63, 3.8) is 0 Å². The van der Waals surface area contributed by atoms with Gasteiger partial charge in [-0.25, -0.2) is 14.2 Å². The molecule has 0 aliphatic rings. The molecule has 6 heteroatoms. The van der Waals surface area contributed by atoms with Gasteiger partial charge in [-0.15, -0.1) is 0 Å². The maximum Gasteiger partial charge on any atom is 0.321 e. The maximum absolute atomic E-state index is 13.3. The van der Waals surface area contributed by atoms with E-state index in [2.05, 4.69) is 15.6 Å². The number of carbonyl (C=O) groups is 1. The van der Waals surface area contributed by atoms with Crippen molar-refractivity contribution in [3.05, 3.63) is 24.0 Å². The number of amides is 2. The molecule has 16 heavy (non-hydrogen) atoms. The molecule has 0 saturated heterocycles. The fraction of sp³-hybridized carbons (Fsp3) is 0.200. The summed E-state index contributed by atoms with van der Waals surface area (Å²) in [6, 6.07) is 4.39. The van der Waals surface area contributed by atoms with Gasteiger partial charge < -0.3 is 5.32 Å². The van der Waals surface area contributed by atoms with Gasteiger partial charge in [-0.1, -0.05) is 17.4 Å². The van der Waals surface area contributed by atoms with Gasteiger partial charge in [0.2, 0.25) is 0 Å². The lowest BCUT2D eigenvalue weighted by Gasteiger charge is -2.00. The van der Waals surface area contributed by atoms with Crippen molar-refractivity contribution in [2.45, 2.75) is 6.92 Å². The van der Waals surface area contributed by atoms with E-state index in [9.17, 15) is 9.18 Å². The van der Waals surface area contributed by atoms with Crippen molar-refractivity contribution < 1.29 is 9.18 Å². The van der Waals surface area contributed by atoms with Crippen LogP contribution in [0, 0.1) is 5.82 Å². The van der Waals surface area contributed by atoms with E-state index in [0.29, 0.717) is 21.9 Å². The number of carbonyl (C=O) groups excluding carboxylic acids is 1. The van der Waals surface area contributed by atoms with Gasteiger partial charge in [-0.2, -0.15) is 0 Å². The maximum atomic E-state index is 13.3. The van der Waals surface area contributed by atoms with Gasteiger partial charge in [-0.3, -0.25) is 5.32 Å². The summed E-state index contributed by atoms with van der Waals surface area (Å²) >= 11 is 1.24. The van der Waals surface area contributed by atoms with Crippen molar-refractivity contribution in [1.29, 1.82) is 0 Å². The summed E-state index contributed by atoms with van der Waals surface area (Å²) in [5.74, 6) is -0.377. The molecule has 2 aromatic rings. The Labute approximate surface area is 95.5 Å². The first-order chi connectivity index (χ1) is 7.70. The summed E-state index contributed by atoms with van der Waals surface area (Å²) in [7, 11) is 0.